The Morgan fingerprint density at radius 3 is 2.50 bits per heavy atom. The van der Waals surface area contributed by atoms with Crippen molar-refractivity contribution in [2.45, 2.75) is 25.5 Å². The van der Waals surface area contributed by atoms with E-state index >= 15 is 0 Å². The minimum Gasteiger partial charge on any atom is -0.389 e. The van der Waals surface area contributed by atoms with Crippen LogP contribution in [0.5, 0.6) is 0 Å². The van der Waals surface area contributed by atoms with Crippen molar-refractivity contribution in [2.75, 3.05) is 20.3 Å². The fourth-order valence-corrected chi connectivity index (χ4v) is 1.70. The Balaban J connectivity index is 2.61. The fraction of sp³-hybridized carbons (Fsp3) is 0.500. The number of benzene rings is 1. The molecule has 0 aliphatic carbocycles. The van der Waals surface area contributed by atoms with E-state index in [1.165, 1.54) is 7.11 Å². The molecule has 6 heteroatoms. The number of nitriles is 1. The van der Waals surface area contributed by atoms with Gasteiger partial charge in [-0.25, -0.2) is 8.78 Å². The van der Waals surface area contributed by atoms with Crippen LogP contribution in [0.3, 0.4) is 0 Å². The lowest BCUT2D eigenvalue weighted by molar-refractivity contribution is 0.0246. The molecule has 0 aromatic heterocycles. The van der Waals surface area contributed by atoms with Crippen molar-refractivity contribution >= 4 is 0 Å². The number of ether oxygens (including phenoxy) is 1. The molecule has 0 saturated carbocycles. The largest absolute Gasteiger partial charge is 0.389 e. The Bertz CT molecular complexity index is 475. The highest BCUT2D eigenvalue weighted by atomic mass is 19.1. The van der Waals surface area contributed by atoms with Crippen molar-refractivity contribution in [2.24, 2.45) is 0 Å². The van der Waals surface area contributed by atoms with Crippen molar-refractivity contribution in [3.05, 3.63) is 34.9 Å². The summed E-state index contributed by atoms with van der Waals surface area (Å²) in [5, 5.41) is 21.4. The van der Waals surface area contributed by atoms with Crippen LogP contribution in [0.4, 0.5) is 8.78 Å². The minimum absolute atomic E-state index is 0.0594. The number of hydrogen-bond acceptors (Lipinski definition) is 4. The van der Waals surface area contributed by atoms with Crippen molar-refractivity contribution in [3.8, 4) is 6.07 Å². The van der Waals surface area contributed by atoms with E-state index in [0.717, 1.165) is 12.1 Å². The summed E-state index contributed by atoms with van der Waals surface area (Å²) in [6.45, 7) is 2.13. The van der Waals surface area contributed by atoms with Crippen LogP contribution in [-0.4, -0.2) is 31.0 Å². The molecule has 1 aromatic carbocycles. The van der Waals surface area contributed by atoms with Crippen LogP contribution in [-0.2, 0) is 11.3 Å². The SMILES string of the molecule is COCCC(C)(O)CNCc1c(F)cc(C#N)cc1F. The van der Waals surface area contributed by atoms with Crippen LogP contribution in [0, 0.1) is 23.0 Å². The third kappa shape index (κ3) is 4.85. The normalized spacial score (nSPS) is 13.8. The van der Waals surface area contributed by atoms with E-state index < -0.39 is 17.2 Å². The number of hydrogen-bond donors (Lipinski definition) is 2. The lowest BCUT2D eigenvalue weighted by atomic mass is 10.0. The second kappa shape index (κ2) is 7.29. The molecule has 0 spiro atoms. The van der Waals surface area contributed by atoms with E-state index in [-0.39, 0.29) is 24.2 Å². The van der Waals surface area contributed by atoms with Crippen molar-refractivity contribution in [3.63, 3.8) is 0 Å². The third-order valence-electron chi connectivity index (χ3n) is 2.92. The average Bonchev–Trinajstić information content (AvgIpc) is 2.39. The van der Waals surface area contributed by atoms with Crippen molar-refractivity contribution < 1.29 is 18.6 Å². The maximum atomic E-state index is 13.6. The molecule has 4 nitrogen and oxygen atoms in total. The molecule has 0 saturated heterocycles. The predicted molar refractivity (Wildman–Crippen MR) is 69.9 cm³/mol. The molecular formula is C14H18F2N2O2. The fourth-order valence-electron chi connectivity index (χ4n) is 1.70. The van der Waals surface area contributed by atoms with Gasteiger partial charge in [0.15, 0.2) is 0 Å². The van der Waals surface area contributed by atoms with Gasteiger partial charge in [0.2, 0.25) is 0 Å². The molecule has 0 bridgehead atoms. The first-order valence-electron chi connectivity index (χ1n) is 6.19. The highest BCUT2D eigenvalue weighted by Crippen LogP contribution is 2.15. The summed E-state index contributed by atoms with van der Waals surface area (Å²) in [7, 11) is 1.53. The number of nitrogens with one attached hydrogen (secondary N) is 1. The monoisotopic (exact) mass is 284 g/mol. The van der Waals surface area contributed by atoms with Crippen molar-refractivity contribution in [1.29, 1.82) is 5.26 Å². The van der Waals surface area contributed by atoms with Crippen molar-refractivity contribution in [1.82, 2.24) is 5.32 Å². The molecule has 1 rings (SSSR count). The third-order valence-corrected chi connectivity index (χ3v) is 2.92. The second-order valence-corrected chi connectivity index (χ2v) is 4.87. The van der Waals surface area contributed by atoms with E-state index in [0.29, 0.717) is 13.0 Å². The van der Waals surface area contributed by atoms with Gasteiger partial charge in [-0.2, -0.15) is 5.26 Å². The van der Waals surface area contributed by atoms with E-state index in [4.69, 9.17) is 10.00 Å². The molecule has 1 aromatic rings. The van der Waals surface area contributed by atoms with Crippen LogP contribution in [0.1, 0.15) is 24.5 Å². The van der Waals surface area contributed by atoms with Gasteiger partial charge in [-0.1, -0.05) is 0 Å². The summed E-state index contributed by atoms with van der Waals surface area (Å²) in [6.07, 6.45) is 0.412. The molecule has 0 radical (unpaired) electrons. The van der Waals surface area contributed by atoms with E-state index in [2.05, 4.69) is 5.32 Å². The Kier molecular flexibility index (Phi) is 6.02. The molecule has 0 heterocycles. The molecule has 0 aliphatic heterocycles. The molecular weight excluding hydrogens is 266 g/mol. The maximum Gasteiger partial charge on any atom is 0.131 e. The lowest BCUT2D eigenvalue weighted by Crippen LogP contribution is -2.38. The van der Waals surface area contributed by atoms with E-state index in [9.17, 15) is 13.9 Å². The molecule has 0 fully saturated rings. The van der Waals surface area contributed by atoms with Gasteiger partial charge in [0, 0.05) is 38.8 Å². The standard InChI is InChI=1S/C14H18F2N2O2/c1-14(19,3-4-20-2)9-18-8-11-12(15)5-10(7-17)6-13(11)16/h5-6,18-19H,3-4,8-9H2,1-2H3. The Morgan fingerprint density at radius 1 is 1.40 bits per heavy atom. The van der Waals surface area contributed by atoms with Gasteiger partial charge in [-0.3, -0.25) is 0 Å². The van der Waals surface area contributed by atoms with Crippen LogP contribution in [0.25, 0.3) is 0 Å². The average molecular weight is 284 g/mol. The molecule has 1 unspecified atom stereocenters. The van der Waals surface area contributed by atoms with Gasteiger partial charge in [-0.05, 0) is 19.1 Å². The van der Waals surface area contributed by atoms with Crippen LogP contribution in [0.15, 0.2) is 12.1 Å². The summed E-state index contributed by atoms with van der Waals surface area (Å²) < 4.78 is 32.1. The van der Waals surface area contributed by atoms with Gasteiger partial charge in [0.1, 0.15) is 11.6 Å². The molecule has 0 amide bonds. The first-order chi connectivity index (χ1) is 9.39. The number of aliphatic hydroxyl groups is 1. The molecule has 1 atom stereocenters. The van der Waals surface area contributed by atoms with Crippen LogP contribution < -0.4 is 5.32 Å². The highest BCUT2D eigenvalue weighted by Gasteiger charge is 2.20. The zero-order valence-corrected chi connectivity index (χ0v) is 11.5. The number of nitrogens with zero attached hydrogens (tertiary/aromatic N) is 1. The second-order valence-electron chi connectivity index (χ2n) is 4.87. The summed E-state index contributed by atoms with van der Waals surface area (Å²) >= 11 is 0. The molecule has 110 valence electrons. The molecule has 0 aliphatic rings. The van der Waals surface area contributed by atoms with Crippen LogP contribution in [0.2, 0.25) is 0 Å². The molecule has 20 heavy (non-hydrogen) atoms. The quantitative estimate of drug-likeness (QED) is 0.800. The van der Waals surface area contributed by atoms with Gasteiger partial charge in [0.05, 0.1) is 17.2 Å². The minimum atomic E-state index is -1.02. The summed E-state index contributed by atoms with van der Waals surface area (Å²) in [4.78, 5) is 0. The summed E-state index contributed by atoms with van der Waals surface area (Å²) in [5.41, 5.74) is -1.22. The Hall–Kier alpha value is -1.55. The lowest BCUT2D eigenvalue weighted by Gasteiger charge is -2.23. The number of methoxy groups -OCH3 is 1. The smallest absolute Gasteiger partial charge is 0.131 e. The van der Waals surface area contributed by atoms with Gasteiger partial charge >= 0.3 is 0 Å². The molecule has 2 N–H and O–H groups in total. The zero-order valence-electron chi connectivity index (χ0n) is 11.5. The summed E-state index contributed by atoms with van der Waals surface area (Å²) in [6, 6.07) is 3.66. The Morgan fingerprint density at radius 2 is 2.00 bits per heavy atom. The predicted octanol–water partition coefficient (Wildman–Crippen LogP) is 1.71. The number of halogens is 2. The first kappa shape index (κ1) is 16.5. The topological polar surface area (TPSA) is 65.3 Å². The van der Waals surface area contributed by atoms with Gasteiger partial charge in [-0.15, -0.1) is 0 Å². The van der Waals surface area contributed by atoms with Gasteiger partial charge in [0.25, 0.3) is 0 Å². The zero-order chi connectivity index (χ0) is 15.2. The highest BCUT2D eigenvalue weighted by molar-refractivity contribution is 5.34. The van der Waals surface area contributed by atoms with Gasteiger partial charge < -0.3 is 15.2 Å². The van der Waals surface area contributed by atoms with Crippen LogP contribution >= 0.6 is 0 Å². The Labute approximate surface area is 117 Å². The summed E-state index contributed by atoms with van der Waals surface area (Å²) in [5.74, 6) is -1.55. The number of rotatable bonds is 7. The maximum absolute atomic E-state index is 13.6. The van der Waals surface area contributed by atoms with E-state index in [1.54, 1.807) is 13.0 Å². The van der Waals surface area contributed by atoms with E-state index in [1.807, 2.05) is 0 Å². The first-order valence-corrected chi connectivity index (χ1v) is 6.19.